The van der Waals surface area contributed by atoms with Crippen LogP contribution in [0, 0.1) is 23.5 Å². The first-order chi connectivity index (χ1) is 21.4. The van der Waals surface area contributed by atoms with Crippen LogP contribution in [0.2, 0.25) is 0 Å². The SMILES string of the molecule is C[C@@H](c1ccc(F)c(F)c1)n1cccc(C(=O)NCC#Cc2ccc3ncc(NC4CCN(C5COC5)CC4)nc3c2)c1=O. The van der Waals surface area contributed by atoms with Gasteiger partial charge >= 0.3 is 0 Å². The van der Waals surface area contributed by atoms with Crippen LogP contribution in [0.3, 0.4) is 0 Å². The van der Waals surface area contributed by atoms with E-state index in [1.807, 2.05) is 18.2 Å². The number of carbonyl (C=O) groups excluding carboxylic acids is 1. The standard InChI is InChI=1S/C33H32F2N6O3/c1-21(23-7-8-27(34)28(35)17-23)41-13-3-5-26(33(41)43)32(42)36-12-2-4-22-6-9-29-30(16-22)39-31(18-37-29)38-24-10-14-40(15-11-24)25-19-44-20-25/h3,5-9,13,16-18,21,24-25H,10-12,14-15,19-20H2,1H3,(H,36,42)(H,38,39)/t21-/m0/s1. The number of halogens is 2. The molecule has 4 heterocycles. The van der Waals surface area contributed by atoms with Gasteiger partial charge in [-0.2, -0.15) is 0 Å². The molecule has 11 heteroatoms. The van der Waals surface area contributed by atoms with Crippen LogP contribution in [0.25, 0.3) is 11.0 Å². The first-order valence-electron chi connectivity index (χ1n) is 14.6. The summed E-state index contributed by atoms with van der Waals surface area (Å²) in [4.78, 5) is 37.6. The largest absolute Gasteiger partial charge is 0.378 e. The number of anilines is 1. The Kier molecular flexibility index (Phi) is 8.63. The summed E-state index contributed by atoms with van der Waals surface area (Å²) in [6.07, 6.45) is 5.34. The van der Waals surface area contributed by atoms with E-state index in [2.05, 4.69) is 32.4 Å². The normalized spacial score (nSPS) is 16.5. The van der Waals surface area contributed by atoms with Gasteiger partial charge in [-0.3, -0.25) is 19.5 Å². The molecule has 44 heavy (non-hydrogen) atoms. The highest BCUT2D eigenvalue weighted by atomic mass is 19.2. The summed E-state index contributed by atoms with van der Waals surface area (Å²) in [7, 11) is 0. The Balaban J connectivity index is 1.07. The summed E-state index contributed by atoms with van der Waals surface area (Å²) in [5.74, 6) is 4.12. The van der Waals surface area contributed by atoms with Crippen LogP contribution in [-0.2, 0) is 4.74 Å². The van der Waals surface area contributed by atoms with Gasteiger partial charge in [-0.05, 0) is 67.8 Å². The minimum absolute atomic E-state index is 0.0168. The second-order valence-electron chi connectivity index (χ2n) is 11.1. The van der Waals surface area contributed by atoms with Crippen LogP contribution in [0.4, 0.5) is 14.6 Å². The fourth-order valence-electron chi connectivity index (χ4n) is 5.50. The number of aromatic nitrogens is 3. The zero-order valence-electron chi connectivity index (χ0n) is 24.2. The molecule has 6 rings (SSSR count). The van der Waals surface area contributed by atoms with E-state index in [-0.39, 0.29) is 12.1 Å². The van der Waals surface area contributed by atoms with Crippen LogP contribution in [0.15, 0.2) is 65.7 Å². The van der Waals surface area contributed by atoms with Crippen molar-refractivity contribution in [3.63, 3.8) is 0 Å². The molecule has 4 aromatic rings. The van der Waals surface area contributed by atoms with Gasteiger partial charge in [-0.25, -0.2) is 13.8 Å². The van der Waals surface area contributed by atoms with Gasteiger partial charge in [0.05, 0.1) is 49.1 Å². The fourth-order valence-corrected chi connectivity index (χ4v) is 5.50. The molecule has 2 aromatic heterocycles. The highest BCUT2D eigenvalue weighted by Crippen LogP contribution is 2.22. The van der Waals surface area contributed by atoms with Crippen molar-refractivity contribution in [2.24, 2.45) is 0 Å². The van der Waals surface area contributed by atoms with E-state index < -0.39 is 29.1 Å². The number of rotatable bonds is 7. The first-order valence-corrected chi connectivity index (χ1v) is 14.6. The summed E-state index contributed by atoms with van der Waals surface area (Å²) in [5, 5.41) is 6.18. The molecule has 0 saturated carbocycles. The molecule has 2 aliphatic heterocycles. The van der Waals surface area contributed by atoms with E-state index >= 15 is 0 Å². The van der Waals surface area contributed by atoms with Crippen molar-refractivity contribution in [1.82, 2.24) is 24.8 Å². The van der Waals surface area contributed by atoms with Crippen molar-refractivity contribution < 1.29 is 18.3 Å². The van der Waals surface area contributed by atoms with Gasteiger partial charge in [-0.15, -0.1) is 0 Å². The number of nitrogens with zero attached hydrogens (tertiary/aromatic N) is 4. The number of ether oxygens (including phenoxy) is 1. The zero-order chi connectivity index (χ0) is 30.6. The van der Waals surface area contributed by atoms with E-state index in [9.17, 15) is 18.4 Å². The summed E-state index contributed by atoms with van der Waals surface area (Å²) in [5.41, 5.74) is 1.97. The molecule has 2 fully saturated rings. The second-order valence-corrected chi connectivity index (χ2v) is 11.1. The molecular weight excluding hydrogens is 566 g/mol. The summed E-state index contributed by atoms with van der Waals surface area (Å²) in [6, 6.07) is 12.3. The number of hydrogen-bond donors (Lipinski definition) is 2. The van der Waals surface area contributed by atoms with Crippen LogP contribution in [0.1, 0.15) is 47.3 Å². The first kappa shape index (κ1) is 29.4. The molecule has 0 unspecified atom stereocenters. The molecule has 226 valence electrons. The molecule has 0 bridgehead atoms. The minimum Gasteiger partial charge on any atom is -0.378 e. The minimum atomic E-state index is -1.00. The van der Waals surface area contributed by atoms with Crippen molar-refractivity contribution in [2.45, 2.75) is 37.9 Å². The molecule has 2 saturated heterocycles. The number of hydrogen-bond acceptors (Lipinski definition) is 7. The molecule has 2 aromatic carbocycles. The van der Waals surface area contributed by atoms with E-state index in [4.69, 9.17) is 9.72 Å². The van der Waals surface area contributed by atoms with Crippen molar-refractivity contribution in [3.8, 4) is 11.8 Å². The van der Waals surface area contributed by atoms with Gasteiger partial charge in [0.15, 0.2) is 11.6 Å². The number of amides is 1. The lowest BCUT2D eigenvalue weighted by atomic mass is 10.0. The molecule has 1 amide bonds. The van der Waals surface area contributed by atoms with Crippen molar-refractivity contribution in [1.29, 1.82) is 0 Å². The molecule has 2 aliphatic rings. The molecule has 0 radical (unpaired) electrons. The van der Waals surface area contributed by atoms with Crippen molar-refractivity contribution >= 4 is 22.8 Å². The Bertz CT molecular complexity index is 1810. The Morgan fingerprint density at radius 2 is 1.91 bits per heavy atom. The fraction of sp³-hybridized carbons (Fsp3) is 0.333. The molecule has 9 nitrogen and oxygen atoms in total. The monoisotopic (exact) mass is 598 g/mol. The van der Waals surface area contributed by atoms with Crippen LogP contribution < -0.4 is 16.2 Å². The summed E-state index contributed by atoms with van der Waals surface area (Å²) < 4.78 is 33.7. The number of carbonyl (C=O) groups is 1. The highest BCUT2D eigenvalue weighted by molar-refractivity contribution is 5.94. The average Bonchev–Trinajstić information content (AvgIpc) is 3.00. The number of piperidine rings is 1. The number of benzene rings is 2. The van der Waals surface area contributed by atoms with E-state index in [0.29, 0.717) is 17.6 Å². The smallest absolute Gasteiger partial charge is 0.263 e. The Morgan fingerprint density at radius 1 is 1.09 bits per heavy atom. The quantitative estimate of drug-likeness (QED) is 0.313. The van der Waals surface area contributed by atoms with Crippen LogP contribution in [-0.4, -0.2) is 70.3 Å². The number of fused-ring (bicyclic) bond motifs is 1. The lowest BCUT2D eigenvalue weighted by Gasteiger charge is -2.41. The average molecular weight is 599 g/mol. The Morgan fingerprint density at radius 3 is 2.66 bits per heavy atom. The predicted molar refractivity (Wildman–Crippen MR) is 162 cm³/mol. The van der Waals surface area contributed by atoms with Gasteiger partial charge in [0, 0.05) is 30.9 Å². The Labute approximate surface area is 253 Å². The number of nitrogens with one attached hydrogen (secondary N) is 2. The van der Waals surface area contributed by atoms with Gasteiger partial charge in [0.25, 0.3) is 11.5 Å². The van der Waals surface area contributed by atoms with E-state index in [1.165, 1.54) is 22.9 Å². The third-order valence-electron chi connectivity index (χ3n) is 8.19. The van der Waals surface area contributed by atoms with Crippen molar-refractivity contribution in [2.75, 3.05) is 38.2 Å². The number of likely N-dealkylation sites (tertiary alicyclic amines) is 1. The van der Waals surface area contributed by atoms with Gasteiger partial charge in [0.1, 0.15) is 11.4 Å². The summed E-state index contributed by atoms with van der Waals surface area (Å²) >= 11 is 0. The zero-order valence-corrected chi connectivity index (χ0v) is 24.2. The van der Waals surface area contributed by atoms with Gasteiger partial charge in [0.2, 0.25) is 0 Å². The lowest BCUT2D eigenvalue weighted by Crippen LogP contribution is -2.53. The molecule has 0 spiro atoms. The van der Waals surface area contributed by atoms with Crippen LogP contribution >= 0.6 is 0 Å². The third-order valence-corrected chi connectivity index (χ3v) is 8.19. The van der Waals surface area contributed by atoms with Crippen molar-refractivity contribution in [3.05, 3.63) is 99.6 Å². The van der Waals surface area contributed by atoms with Crippen LogP contribution in [0.5, 0.6) is 0 Å². The van der Waals surface area contributed by atoms with Gasteiger partial charge < -0.3 is 19.9 Å². The highest BCUT2D eigenvalue weighted by Gasteiger charge is 2.29. The predicted octanol–water partition coefficient (Wildman–Crippen LogP) is 3.74. The number of pyridine rings is 1. The molecule has 2 N–H and O–H groups in total. The second kappa shape index (κ2) is 12.9. The maximum absolute atomic E-state index is 13.7. The summed E-state index contributed by atoms with van der Waals surface area (Å²) in [6.45, 7) is 5.44. The maximum Gasteiger partial charge on any atom is 0.263 e. The topological polar surface area (TPSA) is 101 Å². The molecule has 1 atom stereocenters. The van der Waals surface area contributed by atoms with Gasteiger partial charge in [-0.1, -0.05) is 17.9 Å². The van der Waals surface area contributed by atoms with E-state index in [0.717, 1.165) is 73.7 Å². The maximum atomic E-state index is 13.7. The van der Waals surface area contributed by atoms with E-state index in [1.54, 1.807) is 19.2 Å². The lowest BCUT2D eigenvalue weighted by molar-refractivity contribution is -0.0705. The molecular formula is C33H32F2N6O3. The third kappa shape index (κ3) is 6.46. The Hall–Kier alpha value is -4.66. The molecule has 0 aliphatic carbocycles.